The van der Waals surface area contributed by atoms with E-state index >= 15 is 0 Å². The van der Waals surface area contributed by atoms with Gasteiger partial charge in [-0.25, -0.2) is 4.79 Å². The van der Waals surface area contributed by atoms with Crippen LogP contribution in [0.15, 0.2) is 11.8 Å². The van der Waals surface area contributed by atoms with E-state index in [4.69, 9.17) is 9.47 Å². The molecular weight excluding hydrogens is 252 g/mol. The van der Waals surface area contributed by atoms with Gasteiger partial charge in [0.2, 0.25) is 0 Å². The van der Waals surface area contributed by atoms with Gasteiger partial charge in [-0.05, 0) is 20.8 Å². The summed E-state index contributed by atoms with van der Waals surface area (Å²) in [5.74, 6) is -1.14. The lowest BCUT2D eigenvalue weighted by molar-refractivity contribution is -0.137. The number of amides is 3. The summed E-state index contributed by atoms with van der Waals surface area (Å²) in [5.41, 5.74) is 0.305. The van der Waals surface area contributed by atoms with Crippen molar-refractivity contribution in [1.29, 1.82) is 0 Å². The van der Waals surface area contributed by atoms with Crippen LogP contribution in [0.25, 0.3) is 0 Å². The van der Waals surface area contributed by atoms with Crippen molar-refractivity contribution in [2.45, 2.75) is 32.7 Å². The molecule has 1 aliphatic rings. The van der Waals surface area contributed by atoms with Crippen LogP contribution in [0.5, 0.6) is 0 Å². The van der Waals surface area contributed by atoms with Crippen LogP contribution in [0.4, 0.5) is 4.79 Å². The predicted octanol–water partition coefficient (Wildman–Crippen LogP) is 0.514. The van der Waals surface area contributed by atoms with E-state index in [-0.39, 0.29) is 12.6 Å². The fraction of sp³-hybridized carbons (Fsp3) is 0.667. The van der Waals surface area contributed by atoms with Crippen molar-refractivity contribution in [2.75, 3.05) is 20.3 Å². The van der Waals surface area contributed by atoms with Gasteiger partial charge in [-0.15, -0.1) is 0 Å². The van der Waals surface area contributed by atoms with Crippen molar-refractivity contribution in [3.63, 3.8) is 0 Å². The van der Waals surface area contributed by atoms with E-state index in [0.717, 1.165) is 0 Å². The van der Waals surface area contributed by atoms with Crippen molar-refractivity contribution >= 4 is 11.9 Å². The zero-order valence-corrected chi connectivity index (χ0v) is 11.6. The second-order valence-electron chi connectivity index (χ2n) is 4.65. The molecule has 7 nitrogen and oxygen atoms in total. The number of imide groups is 1. The van der Waals surface area contributed by atoms with Gasteiger partial charge in [0.1, 0.15) is 6.10 Å². The van der Waals surface area contributed by atoms with Gasteiger partial charge in [0.05, 0.1) is 20.0 Å². The lowest BCUT2D eigenvalue weighted by Gasteiger charge is -2.17. The molecule has 108 valence electrons. The number of rotatable bonds is 4. The maximum absolute atomic E-state index is 11.5. The molecule has 1 atom stereocenters. The first-order valence-corrected chi connectivity index (χ1v) is 5.94. The summed E-state index contributed by atoms with van der Waals surface area (Å²) in [4.78, 5) is 22.9. The Morgan fingerprint density at radius 2 is 2.16 bits per heavy atom. The molecule has 0 bridgehead atoms. The van der Waals surface area contributed by atoms with Crippen LogP contribution < -0.4 is 10.6 Å². The molecule has 1 aliphatic heterocycles. The predicted molar refractivity (Wildman–Crippen MR) is 67.2 cm³/mol. The molecular formula is C12H20N2O5. The second kappa shape index (κ2) is 6.53. The fourth-order valence-electron chi connectivity index (χ4n) is 1.55. The topological polar surface area (TPSA) is 85.9 Å². The molecule has 0 aromatic heterocycles. The van der Waals surface area contributed by atoms with Crippen LogP contribution in [-0.4, -0.2) is 44.1 Å². The summed E-state index contributed by atoms with van der Waals surface area (Å²) in [6.07, 6.45) is 1.05. The Bertz CT molecular complexity index is 378. The summed E-state index contributed by atoms with van der Waals surface area (Å²) >= 11 is 0. The van der Waals surface area contributed by atoms with Crippen molar-refractivity contribution in [1.82, 2.24) is 10.6 Å². The Balaban J connectivity index is 2.29. The van der Waals surface area contributed by atoms with Gasteiger partial charge in [0, 0.05) is 12.1 Å². The highest BCUT2D eigenvalue weighted by atomic mass is 16.7. The molecule has 3 amide bonds. The van der Waals surface area contributed by atoms with Crippen molar-refractivity contribution in [3.8, 4) is 0 Å². The van der Waals surface area contributed by atoms with Crippen molar-refractivity contribution in [2.24, 2.45) is 0 Å². The maximum Gasteiger partial charge on any atom is 0.321 e. The molecule has 0 aliphatic carbocycles. The summed E-state index contributed by atoms with van der Waals surface area (Å²) in [7, 11) is 1.43. The number of hydrogen-bond acceptors (Lipinski definition) is 5. The highest BCUT2D eigenvalue weighted by Crippen LogP contribution is 2.21. The summed E-state index contributed by atoms with van der Waals surface area (Å²) in [6.45, 7) is 5.83. The maximum atomic E-state index is 11.5. The van der Waals surface area contributed by atoms with E-state index in [0.29, 0.717) is 12.2 Å². The minimum atomic E-state index is -0.629. The average molecular weight is 272 g/mol. The van der Waals surface area contributed by atoms with Crippen molar-refractivity contribution in [3.05, 3.63) is 11.8 Å². The number of urea groups is 1. The van der Waals surface area contributed by atoms with Crippen LogP contribution in [0.2, 0.25) is 0 Å². The third-order valence-corrected chi connectivity index (χ3v) is 2.44. The van der Waals surface area contributed by atoms with E-state index in [1.807, 2.05) is 0 Å². The molecule has 0 spiro atoms. The summed E-state index contributed by atoms with van der Waals surface area (Å²) in [6, 6.07) is -0.581. The fourth-order valence-corrected chi connectivity index (χ4v) is 1.55. The molecule has 0 saturated carbocycles. The molecule has 1 rings (SSSR count). The number of nitrogens with one attached hydrogen (secondary N) is 2. The number of hydrogen-bond donors (Lipinski definition) is 2. The van der Waals surface area contributed by atoms with Gasteiger partial charge in [-0.2, -0.15) is 0 Å². The molecule has 1 saturated heterocycles. The van der Waals surface area contributed by atoms with Gasteiger partial charge in [0.25, 0.3) is 5.91 Å². The van der Waals surface area contributed by atoms with Gasteiger partial charge in [0.15, 0.2) is 5.79 Å². The lowest BCUT2D eigenvalue weighted by atomic mass is 10.3. The second-order valence-corrected chi connectivity index (χ2v) is 4.65. The Morgan fingerprint density at radius 1 is 1.47 bits per heavy atom. The van der Waals surface area contributed by atoms with E-state index in [9.17, 15) is 9.59 Å². The number of methoxy groups -OCH3 is 1. The summed E-state index contributed by atoms with van der Waals surface area (Å²) in [5, 5.41) is 4.72. The highest BCUT2D eigenvalue weighted by molar-refractivity contribution is 6.03. The Labute approximate surface area is 112 Å². The minimum absolute atomic E-state index is 0.216. The molecule has 7 heteroatoms. The first kappa shape index (κ1) is 15.5. The van der Waals surface area contributed by atoms with Crippen LogP contribution in [0, 0.1) is 0 Å². The molecule has 0 aromatic carbocycles. The zero-order valence-electron chi connectivity index (χ0n) is 11.6. The third kappa shape index (κ3) is 5.27. The standard InChI is InChI=1S/C12H20N2O5/c1-8(6-17-4)10(15)14-11(16)13-5-9-7-18-12(2,3)19-9/h6,9H,5,7H2,1-4H3,(H2,13,14,15,16). The Hall–Kier alpha value is -1.60. The number of carbonyl (C=O) groups excluding carboxylic acids is 2. The lowest BCUT2D eigenvalue weighted by Crippen LogP contribution is -2.43. The monoisotopic (exact) mass is 272 g/mol. The van der Waals surface area contributed by atoms with Gasteiger partial charge in [-0.3, -0.25) is 10.1 Å². The van der Waals surface area contributed by atoms with E-state index in [1.54, 1.807) is 20.8 Å². The van der Waals surface area contributed by atoms with E-state index in [1.165, 1.54) is 13.4 Å². The molecule has 0 radical (unpaired) electrons. The van der Waals surface area contributed by atoms with E-state index < -0.39 is 17.7 Å². The van der Waals surface area contributed by atoms with Crippen LogP contribution in [0.3, 0.4) is 0 Å². The minimum Gasteiger partial charge on any atom is -0.504 e. The normalized spacial score (nSPS) is 21.9. The summed E-state index contributed by atoms with van der Waals surface area (Å²) < 4.78 is 15.5. The third-order valence-electron chi connectivity index (χ3n) is 2.44. The quantitative estimate of drug-likeness (QED) is 0.575. The average Bonchev–Trinajstić information content (AvgIpc) is 2.66. The Kier molecular flexibility index (Phi) is 5.31. The van der Waals surface area contributed by atoms with Gasteiger partial charge >= 0.3 is 6.03 Å². The van der Waals surface area contributed by atoms with Crippen LogP contribution in [0.1, 0.15) is 20.8 Å². The first-order valence-electron chi connectivity index (χ1n) is 5.94. The van der Waals surface area contributed by atoms with Crippen LogP contribution in [-0.2, 0) is 19.0 Å². The van der Waals surface area contributed by atoms with Crippen LogP contribution >= 0.6 is 0 Å². The smallest absolute Gasteiger partial charge is 0.321 e. The molecule has 1 unspecified atom stereocenters. The zero-order chi connectivity index (χ0) is 14.5. The van der Waals surface area contributed by atoms with Gasteiger partial charge < -0.3 is 19.5 Å². The van der Waals surface area contributed by atoms with Gasteiger partial charge in [-0.1, -0.05) is 0 Å². The molecule has 19 heavy (non-hydrogen) atoms. The highest BCUT2D eigenvalue weighted by Gasteiger charge is 2.32. The van der Waals surface area contributed by atoms with E-state index in [2.05, 4.69) is 15.4 Å². The number of carbonyl (C=O) groups is 2. The Morgan fingerprint density at radius 3 is 2.68 bits per heavy atom. The molecule has 2 N–H and O–H groups in total. The SMILES string of the molecule is COC=C(C)C(=O)NC(=O)NCC1COC(C)(C)O1. The molecule has 1 fully saturated rings. The largest absolute Gasteiger partial charge is 0.504 e. The number of ether oxygens (including phenoxy) is 3. The molecule has 0 aromatic rings. The first-order chi connectivity index (χ1) is 8.84. The molecule has 1 heterocycles. The van der Waals surface area contributed by atoms with Crippen molar-refractivity contribution < 1.29 is 23.8 Å².